The summed E-state index contributed by atoms with van der Waals surface area (Å²) in [6.07, 6.45) is 2.46. The van der Waals surface area contributed by atoms with E-state index in [9.17, 15) is 4.79 Å². The lowest BCUT2D eigenvalue weighted by Crippen LogP contribution is -2.53. The van der Waals surface area contributed by atoms with Gasteiger partial charge < -0.3 is 15.0 Å². The highest BCUT2D eigenvalue weighted by molar-refractivity contribution is 5.89. The van der Waals surface area contributed by atoms with Crippen molar-refractivity contribution in [2.24, 2.45) is 0 Å². The first-order chi connectivity index (χ1) is 12.7. The van der Waals surface area contributed by atoms with Crippen LogP contribution in [0.25, 0.3) is 11.1 Å². The summed E-state index contributed by atoms with van der Waals surface area (Å²) in [5.41, 5.74) is 3.02. The molecule has 0 bridgehead atoms. The molecule has 0 aromatic heterocycles. The van der Waals surface area contributed by atoms with E-state index in [1.807, 2.05) is 47.4 Å². The zero-order valence-corrected chi connectivity index (χ0v) is 15.1. The first kappa shape index (κ1) is 16.9. The molecule has 26 heavy (non-hydrogen) atoms. The molecule has 2 aromatic rings. The number of amides is 2. The van der Waals surface area contributed by atoms with Crippen LogP contribution in [0.1, 0.15) is 12.8 Å². The molecule has 1 atom stereocenters. The largest absolute Gasteiger partial charge is 0.497 e. The van der Waals surface area contributed by atoms with Gasteiger partial charge in [0.25, 0.3) is 0 Å². The maximum atomic E-state index is 12.6. The molecule has 2 amide bonds. The Labute approximate surface area is 154 Å². The van der Waals surface area contributed by atoms with E-state index in [1.165, 1.54) is 19.4 Å². The summed E-state index contributed by atoms with van der Waals surface area (Å²) in [6.45, 7) is 3.83. The van der Waals surface area contributed by atoms with Gasteiger partial charge in [-0.25, -0.2) is 4.79 Å². The van der Waals surface area contributed by atoms with Crippen LogP contribution in [0.15, 0.2) is 48.5 Å². The molecule has 0 spiro atoms. The lowest BCUT2D eigenvalue weighted by Gasteiger charge is -2.37. The molecule has 2 aromatic carbocycles. The van der Waals surface area contributed by atoms with Crippen LogP contribution in [0, 0.1) is 0 Å². The molecule has 5 nitrogen and oxygen atoms in total. The van der Waals surface area contributed by atoms with Gasteiger partial charge >= 0.3 is 6.03 Å². The van der Waals surface area contributed by atoms with E-state index in [-0.39, 0.29) is 6.03 Å². The Morgan fingerprint density at radius 2 is 1.92 bits per heavy atom. The SMILES string of the molecule is COc1cccc(-c2ccc(NC(=O)N3CCN4CCC[C@H]4C3)cc2)c1. The fourth-order valence-electron chi connectivity index (χ4n) is 3.93. The number of nitrogens with zero attached hydrogens (tertiary/aromatic N) is 2. The molecular formula is C21H25N3O2. The summed E-state index contributed by atoms with van der Waals surface area (Å²) in [7, 11) is 1.67. The van der Waals surface area contributed by atoms with Crippen LogP contribution >= 0.6 is 0 Å². The van der Waals surface area contributed by atoms with Gasteiger partial charge in [0, 0.05) is 31.4 Å². The van der Waals surface area contributed by atoms with Crippen LogP contribution in [0.3, 0.4) is 0 Å². The predicted molar refractivity (Wildman–Crippen MR) is 104 cm³/mol. The monoisotopic (exact) mass is 351 g/mol. The summed E-state index contributed by atoms with van der Waals surface area (Å²) in [5.74, 6) is 0.839. The van der Waals surface area contributed by atoms with Gasteiger partial charge in [0.2, 0.25) is 0 Å². The number of hydrogen-bond donors (Lipinski definition) is 1. The number of rotatable bonds is 3. The third-order valence-corrected chi connectivity index (χ3v) is 5.41. The molecule has 0 radical (unpaired) electrons. The number of nitrogens with one attached hydrogen (secondary N) is 1. The van der Waals surface area contributed by atoms with E-state index >= 15 is 0 Å². The second-order valence-corrected chi connectivity index (χ2v) is 7.02. The molecule has 2 fully saturated rings. The molecular weight excluding hydrogens is 326 g/mol. The van der Waals surface area contributed by atoms with Gasteiger partial charge in [0.1, 0.15) is 5.75 Å². The third kappa shape index (κ3) is 3.53. The van der Waals surface area contributed by atoms with E-state index in [0.29, 0.717) is 6.04 Å². The highest BCUT2D eigenvalue weighted by Gasteiger charge is 2.32. The lowest BCUT2D eigenvalue weighted by atomic mass is 10.1. The van der Waals surface area contributed by atoms with Crippen molar-refractivity contribution in [3.63, 3.8) is 0 Å². The summed E-state index contributed by atoms with van der Waals surface area (Å²) in [4.78, 5) is 17.0. The molecule has 0 saturated carbocycles. The van der Waals surface area contributed by atoms with Crippen LogP contribution in [0.2, 0.25) is 0 Å². The molecule has 0 unspecified atom stereocenters. The van der Waals surface area contributed by atoms with Crippen molar-refractivity contribution in [3.05, 3.63) is 48.5 Å². The molecule has 2 aliphatic heterocycles. The van der Waals surface area contributed by atoms with E-state index < -0.39 is 0 Å². The van der Waals surface area contributed by atoms with Crippen molar-refractivity contribution in [3.8, 4) is 16.9 Å². The molecule has 0 aliphatic carbocycles. The fraction of sp³-hybridized carbons (Fsp3) is 0.381. The molecule has 1 N–H and O–H groups in total. The quantitative estimate of drug-likeness (QED) is 0.918. The standard InChI is InChI=1S/C21H25N3O2/c1-26-20-6-2-4-17(14-20)16-7-9-18(10-8-16)22-21(25)24-13-12-23-11-3-5-19(23)15-24/h2,4,6-10,14,19H,3,5,11-13,15H2,1H3,(H,22,25)/t19-/m0/s1. The Morgan fingerprint density at radius 3 is 2.73 bits per heavy atom. The van der Waals surface area contributed by atoms with Gasteiger partial charge in [-0.05, 0) is 54.8 Å². The van der Waals surface area contributed by atoms with Crippen LogP contribution in [-0.2, 0) is 0 Å². The highest BCUT2D eigenvalue weighted by atomic mass is 16.5. The zero-order valence-electron chi connectivity index (χ0n) is 15.1. The number of piperazine rings is 1. The van der Waals surface area contributed by atoms with Crippen molar-refractivity contribution in [2.45, 2.75) is 18.9 Å². The Morgan fingerprint density at radius 1 is 1.08 bits per heavy atom. The van der Waals surface area contributed by atoms with Gasteiger partial charge in [0.15, 0.2) is 0 Å². The Hall–Kier alpha value is -2.53. The third-order valence-electron chi connectivity index (χ3n) is 5.41. The van der Waals surface area contributed by atoms with Crippen molar-refractivity contribution < 1.29 is 9.53 Å². The summed E-state index contributed by atoms with van der Waals surface area (Å²) >= 11 is 0. The molecule has 136 valence electrons. The first-order valence-corrected chi connectivity index (χ1v) is 9.27. The van der Waals surface area contributed by atoms with Crippen molar-refractivity contribution >= 4 is 11.7 Å². The maximum absolute atomic E-state index is 12.6. The second kappa shape index (κ2) is 7.38. The maximum Gasteiger partial charge on any atom is 0.321 e. The number of methoxy groups -OCH3 is 1. The average molecular weight is 351 g/mol. The van der Waals surface area contributed by atoms with Crippen LogP contribution in [-0.4, -0.2) is 55.2 Å². The minimum atomic E-state index is 0.00526. The fourth-order valence-corrected chi connectivity index (χ4v) is 3.93. The van der Waals surface area contributed by atoms with E-state index in [2.05, 4.69) is 16.3 Å². The van der Waals surface area contributed by atoms with Crippen LogP contribution in [0.4, 0.5) is 10.5 Å². The second-order valence-electron chi connectivity index (χ2n) is 7.02. The van der Waals surface area contributed by atoms with Gasteiger partial charge in [-0.1, -0.05) is 24.3 Å². The van der Waals surface area contributed by atoms with Gasteiger partial charge in [-0.2, -0.15) is 0 Å². The normalized spacial score (nSPS) is 19.9. The molecule has 2 aliphatic rings. The predicted octanol–water partition coefficient (Wildman–Crippen LogP) is 3.67. The van der Waals surface area contributed by atoms with E-state index in [1.54, 1.807) is 7.11 Å². The van der Waals surface area contributed by atoms with E-state index in [0.717, 1.165) is 42.2 Å². The Balaban J connectivity index is 1.40. The number of benzene rings is 2. The van der Waals surface area contributed by atoms with Gasteiger partial charge in [-0.3, -0.25) is 4.90 Å². The molecule has 2 heterocycles. The summed E-state index contributed by atoms with van der Waals surface area (Å²) in [6, 6.07) is 16.5. The van der Waals surface area contributed by atoms with Crippen molar-refractivity contribution in [1.82, 2.24) is 9.80 Å². The average Bonchev–Trinajstić information content (AvgIpc) is 3.16. The number of urea groups is 1. The number of carbonyl (C=O) groups is 1. The molecule has 2 saturated heterocycles. The first-order valence-electron chi connectivity index (χ1n) is 9.27. The zero-order chi connectivity index (χ0) is 17.9. The number of anilines is 1. The number of hydrogen-bond acceptors (Lipinski definition) is 3. The summed E-state index contributed by atoms with van der Waals surface area (Å²) in [5, 5.41) is 3.04. The summed E-state index contributed by atoms with van der Waals surface area (Å²) < 4.78 is 5.28. The number of fused-ring (bicyclic) bond motifs is 1. The highest BCUT2D eigenvalue weighted by Crippen LogP contribution is 2.26. The Kier molecular flexibility index (Phi) is 4.80. The smallest absolute Gasteiger partial charge is 0.321 e. The van der Waals surface area contributed by atoms with Crippen LogP contribution in [0.5, 0.6) is 5.75 Å². The van der Waals surface area contributed by atoms with E-state index in [4.69, 9.17) is 4.74 Å². The lowest BCUT2D eigenvalue weighted by molar-refractivity contribution is 0.124. The molecule has 4 rings (SSSR count). The van der Waals surface area contributed by atoms with Crippen molar-refractivity contribution in [1.29, 1.82) is 0 Å². The number of ether oxygens (including phenoxy) is 1. The van der Waals surface area contributed by atoms with Gasteiger partial charge in [-0.15, -0.1) is 0 Å². The minimum absolute atomic E-state index is 0.00526. The molecule has 5 heteroatoms. The Bertz CT molecular complexity index is 775. The number of carbonyl (C=O) groups excluding carboxylic acids is 1. The van der Waals surface area contributed by atoms with Crippen LogP contribution < -0.4 is 10.1 Å². The topological polar surface area (TPSA) is 44.8 Å². The van der Waals surface area contributed by atoms with Crippen molar-refractivity contribution in [2.75, 3.05) is 38.6 Å². The minimum Gasteiger partial charge on any atom is -0.497 e. The van der Waals surface area contributed by atoms with Gasteiger partial charge in [0.05, 0.1) is 7.11 Å².